The van der Waals surface area contributed by atoms with E-state index in [9.17, 15) is 18.0 Å². The van der Waals surface area contributed by atoms with Crippen molar-refractivity contribution in [3.05, 3.63) is 35.4 Å². The number of aliphatic imine (C=N–C) groups is 1. The molecule has 160 valence electrons. The molecule has 3 N–H and O–H groups in total. The van der Waals surface area contributed by atoms with Crippen LogP contribution in [0.15, 0.2) is 29.3 Å². The van der Waals surface area contributed by atoms with Crippen LogP contribution in [0, 0.1) is 5.92 Å². The van der Waals surface area contributed by atoms with Gasteiger partial charge in [0, 0.05) is 31.0 Å². The zero-order valence-corrected chi connectivity index (χ0v) is 16.7. The van der Waals surface area contributed by atoms with Crippen molar-refractivity contribution >= 4 is 11.9 Å². The third-order valence-electron chi connectivity index (χ3n) is 5.66. The summed E-state index contributed by atoms with van der Waals surface area (Å²) in [6.07, 6.45) is 0.250. The van der Waals surface area contributed by atoms with E-state index in [0.29, 0.717) is 37.7 Å². The van der Waals surface area contributed by atoms with E-state index in [1.165, 1.54) is 12.1 Å². The smallest absolute Gasteiger partial charge is 0.357 e. The number of halogens is 3. The van der Waals surface area contributed by atoms with Gasteiger partial charge in [0.25, 0.3) is 0 Å². The maximum absolute atomic E-state index is 13.1. The first-order chi connectivity index (χ1) is 13.8. The average molecular weight is 410 g/mol. The van der Waals surface area contributed by atoms with E-state index in [4.69, 9.17) is 0 Å². The second kappa shape index (κ2) is 9.05. The highest BCUT2D eigenvalue weighted by Gasteiger charge is 2.40. The quantitative estimate of drug-likeness (QED) is 0.350. The summed E-state index contributed by atoms with van der Waals surface area (Å²) in [5.74, 6) is 0.904. The first kappa shape index (κ1) is 21.5. The lowest BCUT2D eigenvalue weighted by Crippen LogP contribution is -2.44. The molecule has 2 fully saturated rings. The molecule has 1 aromatic rings. The minimum Gasteiger partial charge on any atom is -0.357 e. The van der Waals surface area contributed by atoms with Crippen LogP contribution in [0.2, 0.25) is 0 Å². The Balaban J connectivity index is 1.61. The lowest BCUT2D eigenvalue weighted by atomic mass is 9.64. The van der Waals surface area contributed by atoms with Crippen molar-refractivity contribution < 1.29 is 18.0 Å². The fourth-order valence-electron chi connectivity index (χ4n) is 3.60. The van der Waals surface area contributed by atoms with Crippen LogP contribution in [0.4, 0.5) is 13.2 Å². The zero-order valence-electron chi connectivity index (χ0n) is 16.7. The molecule has 0 radical (unpaired) electrons. The Kier molecular flexibility index (Phi) is 6.70. The molecule has 29 heavy (non-hydrogen) atoms. The number of nitrogens with one attached hydrogen (secondary N) is 3. The molecule has 0 spiro atoms. The number of rotatable bonds is 8. The summed E-state index contributed by atoms with van der Waals surface area (Å²) in [6.45, 7) is 4.12. The van der Waals surface area contributed by atoms with Gasteiger partial charge in [0.1, 0.15) is 0 Å². The van der Waals surface area contributed by atoms with Gasteiger partial charge in [0.05, 0.1) is 12.1 Å². The number of alkyl halides is 3. The third-order valence-corrected chi connectivity index (χ3v) is 5.66. The molecule has 2 saturated carbocycles. The van der Waals surface area contributed by atoms with Gasteiger partial charge in [-0.15, -0.1) is 0 Å². The van der Waals surface area contributed by atoms with Crippen molar-refractivity contribution in [2.75, 3.05) is 26.2 Å². The van der Waals surface area contributed by atoms with Gasteiger partial charge >= 0.3 is 6.18 Å². The number of hydrogen-bond donors (Lipinski definition) is 3. The average Bonchev–Trinajstić information content (AvgIpc) is 3.49. The topological polar surface area (TPSA) is 65.5 Å². The highest BCUT2D eigenvalue weighted by atomic mass is 19.4. The van der Waals surface area contributed by atoms with E-state index in [1.807, 2.05) is 6.92 Å². The molecular formula is C21H29F3N4O. The Morgan fingerprint density at radius 3 is 2.48 bits per heavy atom. The molecule has 0 heterocycles. The molecular weight excluding hydrogens is 381 g/mol. The normalized spacial score (nSPS) is 18.7. The molecule has 3 rings (SSSR count). The van der Waals surface area contributed by atoms with Gasteiger partial charge in [0.15, 0.2) is 5.96 Å². The number of amides is 1. The number of benzene rings is 1. The fourth-order valence-corrected chi connectivity index (χ4v) is 3.60. The van der Waals surface area contributed by atoms with E-state index >= 15 is 0 Å². The van der Waals surface area contributed by atoms with Crippen LogP contribution in [0.5, 0.6) is 0 Å². The van der Waals surface area contributed by atoms with Gasteiger partial charge in [-0.3, -0.25) is 9.79 Å². The number of carbonyl (C=O) groups excluding carboxylic acids is 1. The van der Waals surface area contributed by atoms with Crippen LogP contribution in [-0.2, 0) is 16.4 Å². The summed E-state index contributed by atoms with van der Waals surface area (Å²) in [5.41, 5.74) is -0.249. The van der Waals surface area contributed by atoms with Crippen molar-refractivity contribution in [2.45, 2.75) is 50.6 Å². The van der Waals surface area contributed by atoms with Crippen LogP contribution in [-0.4, -0.2) is 38.0 Å². The summed E-state index contributed by atoms with van der Waals surface area (Å²) in [7, 11) is 0. The van der Waals surface area contributed by atoms with Crippen LogP contribution >= 0.6 is 0 Å². The Morgan fingerprint density at radius 2 is 1.90 bits per heavy atom. The number of nitrogens with zero attached hydrogens (tertiary/aromatic N) is 1. The van der Waals surface area contributed by atoms with Gasteiger partial charge in [-0.1, -0.05) is 24.6 Å². The van der Waals surface area contributed by atoms with E-state index in [2.05, 4.69) is 20.9 Å². The second-order valence-corrected chi connectivity index (χ2v) is 7.90. The molecule has 0 atom stereocenters. The number of guanidine groups is 1. The highest BCUT2D eigenvalue weighted by Crippen LogP contribution is 2.45. The monoisotopic (exact) mass is 410 g/mol. The van der Waals surface area contributed by atoms with Crippen molar-refractivity contribution in [3.63, 3.8) is 0 Å². The first-order valence-electron chi connectivity index (χ1n) is 10.3. The molecule has 0 saturated heterocycles. The Morgan fingerprint density at radius 1 is 1.17 bits per heavy atom. The van der Waals surface area contributed by atoms with Gasteiger partial charge < -0.3 is 16.0 Å². The van der Waals surface area contributed by atoms with Crippen molar-refractivity contribution in [1.82, 2.24) is 16.0 Å². The van der Waals surface area contributed by atoms with Gasteiger partial charge in [-0.25, -0.2) is 0 Å². The van der Waals surface area contributed by atoms with Crippen LogP contribution < -0.4 is 16.0 Å². The largest absolute Gasteiger partial charge is 0.416 e. The lowest BCUT2D eigenvalue weighted by molar-refractivity contribution is -0.137. The van der Waals surface area contributed by atoms with Gasteiger partial charge in [0.2, 0.25) is 5.91 Å². The Bertz CT molecular complexity index is 740. The number of carbonyl (C=O) groups is 1. The third kappa shape index (κ3) is 5.64. The summed E-state index contributed by atoms with van der Waals surface area (Å²) < 4.78 is 39.3. The molecule has 1 aromatic carbocycles. The van der Waals surface area contributed by atoms with Crippen molar-refractivity contribution in [2.24, 2.45) is 10.9 Å². The standard InChI is InChI=1S/C21H29F3N4O/c1-2-25-19(27-12-11-26-18(29)15-7-8-15)28-14-20(9-4-10-20)16-5-3-6-17(13-16)21(22,23)24/h3,5-6,13,15H,2,4,7-12,14H2,1H3,(H,26,29)(H2,25,27,28). The van der Waals surface area contributed by atoms with Crippen LogP contribution in [0.1, 0.15) is 50.2 Å². The maximum atomic E-state index is 13.1. The summed E-state index contributed by atoms with van der Waals surface area (Å²) in [5, 5.41) is 9.24. The fraction of sp³-hybridized carbons (Fsp3) is 0.619. The predicted molar refractivity (Wildman–Crippen MR) is 107 cm³/mol. The van der Waals surface area contributed by atoms with Gasteiger partial charge in [-0.2, -0.15) is 13.2 Å². The Hall–Kier alpha value is -2.25. The summed E-state index contributed by atoms with van der Waals surface area (Å²) in [6, 6.07) is 5.63. The minimum absolute atomic E-state index is 0.103. The molecule has 1 amide bonds. The molecule has 5 nitrogen and oxygen atoms in total. The zero-order chi connectivity index (χ0) is 20.9. The summed E-state index contributed by atoms with van der Waals surface area (Å²) >= 11 is 0. The molecule has 0 unspecified atom stereocenters. The summed E-state index contributed by atoms with van der Waals surface area (Å²) in [4.78, 5) is 16.3. The van der Waals surface area contributed by atoms with Crippen molar-refractivity contribution in [3.8, 4) is 0 Å². The van der Waals surface area contributed by atoms with Crippen molar-refractivity contribution in [1.29, 1.82) is 0 Å². The lowest BCUT2D eigenvalue weighted by Gasteiger charge is -2.41. The maximum Gasteiger partial charge on any atom is 0.416 e. The van der Waals surface area contributed by atoms with E-state index in [1.54, 1.807) is 6.07 Å². The van der Waals surface area contributed by atoms with E-state index < -0.39 is 11.7 Å². The molecule has 8 heteroatoms. The predicted octanol–water partition coefficient (Wildman–Crippen LogP) is 3.21. The molecule has 0 aromatic heterocycles. The highest BCUT2D eigenvalue weighted by molar-refractivity contribution is 5.81. The number of hydrogen-bond acceptors (Lipinski definition) is 2. The minimum atomic E-state index is -4.34. The SMILES string of the molecule is CCNC(=NCC1(c2cccc(C(F)(F)F)c2)CCC1)NCCNC(=O)C1CC1. The van der Waals surface area contributed by atoms with E-state index in [0.717, 1.165) is 38.2 Å². The molecule has 0 bridgehead atoms. The van der Waals surface area contributed by atoms with Crippen LogP contribution in [0.25, 0.3) is 0 Å². The first-order valence-corrected chi connectivity index (χ1v) is 10.3. The molecule has 2 aliphatic rings. The van der Waals surface area contributed by atoms with Gasteiger partial charge in [-0.05, 0) is 44.2 Å². The molecule has 2 aliphatic carbocycles. The second-order valence-electron chi connectivity index (χ2n) is 7.90. The van der Waals surface area contributed by atoms with E-state index in [-0.39, 0.29) is 17.2 Å². The van der Waals surface area contributed by atoms with Crippen LogP contribution in [0.3, 0.4) is 0 Å². The molecule has 0 aliphatic heterocycles. The Labute approximate surface area is 169 Å².